The van der Waals surface area contributed by atoms with Gasteiger partial charge in [-0.2, -0.15) is 0 Å². The third-order valence-corrected chi connectivity index (χ3v) is 3.46. The maximum atomic E-state index is 13.5. The Kier molecular flexibility index (Phi) is 1.80. The van der Waals surface area contributed by atoms with Crippen molar-refractivity contribution in [1.29, 1.82) is 0 Å². The standard InChI is InChI=1S/C12H15FN2/c1-14-6-12(7-14)8-15(9-12)11-5-3-2-4-10(11)13/h2-5H,6-9H2,1H3. The summed E-state index contributed by atoms with van der Waals surface area (Å²) < 4.78 is 13.5. The maximum Gasteiger partial charge on any atom is 0.146 e. The Hall–Kier alpha value is -1.09. The van der Waals surface area contributed by atoms with Gasteiger partial charge in [-0.15, -0.1) is 0 Å². The Morgan fingerprint density at radius 1 is 1.13 bits per heavy atom. The average molecular weight is 206 g/mol. The van der Waals surface area contributed by atoms with Crippen LogP contribution in [0.2, 0.25) is 0 Å². The molecule has 0 amide bonds. The number of hydrogen-bond donors (Lipinski definition) is 0. The third-order valence-electron chi connectivity index (χ3n) is 3.46. The fourth-order valence-electron chi connectivity index (χ4n) is 2.94. The van der Waals surface area contributed by atoms with E-state index >= 15 is 0 Å². The molecule has 2 aliphatic rings. The van der Waals surface area contributed by atoms with E-state index in [4.69, 9.17) is 0 Å². The Balaban J connectivity index is 1.70. The highest BCUT2D eigenvalue weighted by atomic mass is 19.1. The van der Waals surface area contributed by atoms with Crippen LogP contribution in [0.5, 0.6) is 0 Å². The van der Waals surface area contributed by atoms with E-state index in [0.29, 0.717) is 5.41 Å². The number of hydrogen-bond acceptors (Lipinski definition) is 2. The van der Waals surface area contributed by atoms with Gasteiger partial charge in [0.2, 0.25) is 0 Å². The molecule has 2 aliphatic heterocycles. The minimum Gasteiger partial charge on any atom is -0.368 e. The van der Waals surface area contributed by atoms with Crippen molar-refractivity contribution in [3.8, 4) is 0 Å². The Morgan fingerprint density at radius 2 is 1.80 bits per heavy atom. The summed E-state index contributed by atoms with van der Waals surface area (Å²) in [6.45, 7) is 4.35. The van der Waals surface area contributed by atoms with Gasteiger partial charge in [-0.3, -0.25) is 0 Å². The smallest absolute Gasteiger partial charge is 0.146 e. The predicted octanol–water partition coefficient (Wildman–Crippen LogP) is 1.58. The number of anilines is 1. The molecule has 2 nitrogen and oxygen atoms in total. The molecule has 0 aliphatic carbocycles. The molecule has 15 heavy (non-hydrogen) atoms. The monoisotopic (exact) mass is 206 g/mol. The van der Waals surface area contributed by atoms with Crippen LogP contribution in [0.4, 0.5) is 10.1 Å². The van der Waals surface area contributed by atoms with Crippen molar-refractivity contribution in [3.05, 3.63) is 30.1 Å². The molecule has 2 saturated heterocycles. The number of benzene rings is 1. The molecule has 0 unspecified atom stereocenters. The van der Waals surface area contributed by atoms with Crippen LogP contribution in [-0.2, 0) is 0 Å². The number of nitrogens with zero attached hydrogens (tertiary/aromatic N) is 2. The van der Waals surface area contributed by atoms with Crippen LogP contribution in [0.15, 0.2) is 24.3 Å². The molecule has 0 atom stereocenters. The van der Waals surface area contributed by atoms with Gasteiger partial charge in [0, 0.05) is 31.6 Å². The fourth-order valence-corrected chi connectivity index (χ4v) is 2.94. The lowest BCUT2D eigenvalue weighted by atomic mass is 9.73. The van der Waals surface area contributed by atoms with Crippen LogP contribution in [0, 0.1) is 11.2 Å². The summed E-state index contributed by atoms with van der Waals surface area (Å²) in [6.07, 6.45) is 0. The lowest BCUT2D eigenvalue weighted by molar-refractivity contribution is -0.00270. The van der Waals surface area contributed by atoms with Crippen LogP contribution in [0.1, 0.15) is 0 Å². The molecule has 0 bridgehead atoms. The zero-order chi connectivity index (χ0) is 10.5. The van der Waals surface area contributed by atoms with E-state index in [2.05, 4.69) is 16.8 Å². The van der Waals surface area contributed by atoms with Gasteiger partial charge >= 0.3 is 0 Å². The Bertz CT molecular complexity index is 377. The highest BCUT2D eigenvalue weighted by Crippen LogP contribution is 2.41. The second-order valence-corrected chi connectivity index (χ2v) is 4.98. The van der Waals surface area contributed by atoms with Crippen molar-refractivity contribution in [3.63, 3.8) is 0 Å². The molecule has 3 rings (SSSR count). The molecule has 1 aromatic carbocycles. The van der Waals surface area contributed by atoms with E-state index in [-0.39, 0.29) is 5.82 Å². The summed E-state index contributed by atoms with van der Waals surface area (Å²) in [5.41, 5.74) is 1.23. The molecule has 0 radical (unpaired) electrons. The van der Waals surface area contributed by atoms with Crippen LogP contribution in [0.25, 0.3) is 0 Å². The minimum absolute atomic E-state index is 0.0972. The van der Waals surface area contributed by atoms with Crippen LogP contribution >= 0.6 is 0 Å². The van der Waals surface area contributed by atoms with Gasteiger partial charge in [0.15, 0.2) is 0 Å². The zero-order valence-electron chi connectivity index (χ0n) is 8.91. The molecule has 80 valence electrons. The summed E-state index contributed by atoms with van der Waals surface area (Å²) in [5.74, 6) is -0.0972. The van der Waals surface area contributed by atoms with Crippen molar-refractivity contribution in [1.82, 2.24) is 4.90 Å². The van der Waals surface area contributed by atoms with Crippen molar-refractivity contribution in [2.75, 3.05) is 38.1 Å². The average Bonchev–Trinajstić information content (AvgIpc) is 2.10. The van der Waals surface area contributed by atoms with E-state index in [1.165, 1.54) is 6.07 Å². The highest BCUT2D eigenvalue weighted by Gasteiger charge is 2.50. The molecule has 0 saturated carbocycles. The highest BCUT2D eigenvalue weighted by molar-refractivity contribution is 5.51. The molecule has 2 fully saturated rings. The number of rotatable bonds is 1. The lowest BCUT2D eigenvalue weighted by Gasteiger charge is -2.60. The summed E-state index contributed by atoms with van der Waals surface area (Å²) >= 11 is 0. The summed E-state index contributed by atoms with van der Waals surface area (Å²) in [4.78, 5) is 4.46. The molecule has 0 N–H and O–H groups in total. The predicted molar refractivity (Wildman–Crippen MR) is 58.5 cm³/mol. The van der Waals surface area contributed by atoms with Crippen LogP contribution in [-0.4, -0.2) is 38.1 Å². The number of para-hydroxylation sites is 1. The second-order valence-electron chi connectivity index (χ2n) is 4.98. The number of halogens is 1. The zero-order valence-corrected chi connectivity index (χ0v) is 8.91. The molecule has 3 heteroatoms. The van der Waals surface area contributed by atoms with E-state index in [9.17, 15) is 4.39 Å². The van der Waals surface area contributed by atoms with Crippen molar-refractivity contribution in [2.45, 2.75) is 0 Å². The largest absolute Gasteiger partial charge is 0.368 e. The van der Waals surface area contributed by atoms with E-state index < -0.39 is 0 Å². The summed E-state index contributed by atoms with van der Waals surface area (Å²) in [6, 6.07) is 7.04. The van der Waals surface area contributed by atoms with E-state index in [1.54, 1.807) is 6.07 Å². The van der Waals surface area contributed by atoms with Gasteiger partial charge in [0.1, 0.15) is 5.82 Å². The summed E-state index contributed by atoms with van der Waals surface area (Å²) in [7, 11) is 2.14. The van der Waals surface area contributed by atoms with Gasteiger partial charge in [-0.1, -0.05) is 12.1 Å². The first-order valence-electron chi connectivity index (χ1n) is 5.37. The molecular weight excluding hydrogens is 191 g/mol. The maximum absolute atomic E-state index is 13.5. The van der Waals surface area contributed by atoms with Crippen molar-refractivity contribution in [2.24, 2.45) is 5.41 Å². The topological polar surface area (TPSA) is 6.48 Å². The van der Waals surface area contributed by atoms with Gasteiger partial charge in [-0.25, -0.2) is 4.39 Å². The first-order valence-corrected chi connectivity index (χ1v) is 5.37. The summed E-state index contributed by atoms with van der Waals surface area (Å²) in [5, 5.41) is 0. The van der Waals surface area contributed by atoms with Crippen LogP contribution in [0.3, 0.4) is 0 Å². The van der Waals surface area contributed by atoms with E-state index in [0.717, 1.165) is 31.9 Å². The van der Waals surface area contributed by atoms with Gasteiger partial charge in [-0.05, 0) is 19.2 Å². The minimum atomic E-state index is -0.0972. The first kappa shape index (κ1) is 9.16. The molecule has 2 heterocycles. The lowest BCUT2D eigenvalue weighted by Crippen LogP contribution is -2.71. The molecule has 0 aromatic heterocycles. The van der Waals surface area contributed by atoms with Gasteiger partial charge in [0.05, 0.1) is 5.69 Å². The fraction of sp³-hybridized carbons (Fsp3) is 0.500. The Morgan fingerprint density at radius 3 is 2.40 bits per heavy atom. The normalized spacial score (nSPS) is 23.7. The molecule has 1 aromatic rings. The second kappa shape index (κ2) is 2.95. The van der Waals surface area contributed by atoms with Gasteiger partial charge in [0.25, 0.3) is 0 Å². The quantitative estimate of drug-likeness (QED) is 0.688. The molecule has 1 spiro atoms. The number of likely N-dealkylation sites (tertiary alicyclic amines) is 1. The molecular formula is C12H15FN2. The van der Waals surface area contributed by atoms with Crippen LogP contribution < -0.4 is 4.90 Å². The third kappa shape index (κ3) is 1.34. The SMILES string of the molecule is CN1CC2(C1)CN(c1ccccc1F)C2. The first-order chi connectivity index (χ1) is 7.19. The van der Waals surface area contributed by atoms with Gasteiger partial charge < -0.3 is 9.80 Å². The van der Waals surface area contributed by atoms with E-state index in [1.807, 2.05) is 12.1 Å². The Labute approximate surface area is 89.3 Å². The van der Waals surface area contributed by atoms with Crippen molar-refractivity contribution >= 4 is 5.69 Å². The van der Waals surface area contributed by atoms with Crippen molar-refractivity contribution < 1.29 is 4.39 Å².